The van der Waals surface area contributed by atoms with Gasteiger partial charge < -0.3 is 56.0 Å². The molecule has 0 saturated carbocycles. The highest BCUT2D eigenvalue weighted by Gasteiger charge is 2.50. The minimum Gasteiger partial charge on any atom is -0.481 e. The number of rotatable bonds is 23. The molecule has 3 heterocycles. The molecule has 0 aliphatic carbocycles. The average molecular weight is 894 g/mol. The third kappa shape index (κ3) is 15.5. The number of nitrogen functional groups attached to an aromatic ring is 1. The summed E-state index contributed by atoms with van der Waals surface area (Å²) in [5.74, 6) is -2.34. The highest BCUT2D eigenvalue weighted by atomic mass is 32.2. The van der Waals surface area contributed by atoms with E-state index in [4.69, 9.17) is 24.6 Å². The molecule has 0 aromatic carbocycles. The van der Waals surface area contributed by atoms with E-state index in [0.29, 0.717) is 0 Å². The summed E-state index contributed by atoms with van der Waals surface area (Å²) in [6, 6.07) is 0. The Morgan fingerprint density at radius 3 is 2.40 bits per heavy atom. The molecule has 3 rings (SSSR count). The van der Waals surface area contributed by atoms with Crippen LogP contribution in [0.15, 0.2) is 24.8 Å². The summed E-state index contributed by atoms with van der Waals surface area (Å²) < 4.78 is 62.0. The molecule has 1 saturated heterocycles. The molecule has 11 N–H and O–H groups in total. The molecule has 7 atom stereocenters. The van der Waals surface area contributed by atoms with Gasteiger partial charge in [0.15, 0.2) is 17.7 Å². The lowest BCUT2D eigenvalue weighted by Gasteiger charge is -2.30. The topological polar surface area (TPSA) is 401 Å². The minimum atomic E-state index is -5.59. The number of phosphoric ester groups is 3. The van der Waals surface area contributed by atoms with E-state index in [1.807, 2.05) is 0 Å². The molecule has 26 nitrogen and oxygen atoms in total. The van der Waals surface area contributed by atoms with E-state index in [1.165, 1.54) is 26.0 Å². The largest absolute Gasteiger partial charge is 0.481 e. The molecule has 1 aliphatic heterocycles. The van der Waals surface area contributed by atoms with Crippen LogP contribution in [0, 0.1) is 5.41 Å². The van der Waals surface area contributed by atoms with Crippen molar-refractivity contribution in [1.82, 2.24) is 30.2 Å². The fraction of sp³-hybridized carbons (Fsp3) is 0.593. The van der Waals surface area contributed by atoms with E-state index in [2.05, 4.69) is 34.4 Å². The lowest BCUT2D eigenvalue weighted by atomic mass is 9.87. The molecular formula is C27H42N7O19P3S. The summed E-state index contributed by atoms with van der Waals surface area (Å²) in [5.41, 5.74) is 4.21. The number of carbonyl (C=O) groups excluding carboxylic acids is 3. The van der Waals surface area contributed by atoms with Crippen LogP contribution in [0.2, 0.25) is 0 Å². The number of ether oxygens (including phenoxy) is 1. The molecule has 2 aromatic heterocycles. The molecule has 57 heavy (non-hydrogen) atoms. The number of aromatic nitrogens is 4. The summed E-state index contributed by atoms with van der Waals surface area (Å²) in [6.07, 6.45) is -4.33. The van der Waals surface area contributed by atoms with Crippen molar-refractivity contribution in [3.63, 3.8) is 0 Å². The van der Waals surface area contributed by atoms with Crippen molar-refractivity contribution in [1.29, 1.82) is 0 Å². The number of nitrogens with zero attached hydrogens (tertiary/aromatic N) is 4. The molecule has 2 amide bonds. The number of carboxylic acid groups (broad SMARTS) is 1. The molecular weight excluding hydrogens is 851 g/mol. The second kappa shape index (κ2) is 20.6. The Bertz CT molecular complexity index is 1930. The number of allylic oxidation sites excluding steroid dienone is 1. The van der Waals surface area contributed by atoms with Gasteiger partial charge in [-0.3, -0.25) is 37.3 Å². The first-order valence-electron chi connectivity index (χ1n) is 16.4. The van der Waals surface area contributed by atoms with Crippen molar-refractivity contribution >= 4 is 75.1 Å². The number of fused-ring (bicyclic) bond motifs is 1. The summed E-state index contributed by atoms with van der Waals surface area (Å²) in [5, 5.41) is 34.5. The monoisotopic (exact) mass is 893 g/mol. The summed E-state index contributed by atoms with van der Waals surface area (Å²) in [7, 11) is -16.4. The van der Waals surface area contributed by atoms with Gasteiger partial charge in [-0.1, -0.05) is 31.7 Å². The number of imidazole rings is 1. The number of hydrogen-bond acceptors (Lipinski definition) is 19. The molecule has 7 unspecified atom stereocenters. The van der Waals surface area contributed by atoms with Crippen molar-refractivity contribution in [3.05, 3.63) is 24.8 Å². The number of anilines is 1. The smallest absolute Gasteiger partial charge is 0.481 e. The number of nitrogens with two attached hydrogens (primary N) is 1. The van der Waals surface area contributed by atoms with Crippen LogP contribution in [0.3, 0.4) is 0 Å². The van der Waals surface area contributed by atoms with Gasteiger partial charge in [-0.2, -0.15) is 4.31 Å². The maximum atomic E-state index is 12.7. The van der Waals surface area contributed by atoms with Crippen molar-refractivity contribution in [2.45, 2.75) is 63.8 Å². The van der Waals surface area contributed by atoms with E-state index in [-0.39, 0.29) is 60.2 Å². The van der Waals surface area contributed by atoms with Crippen LogP contribution in [0.25, 0.3) is 11.2 Å². The zero-order chi connectivity index (χ0) is 42.8. The van der Waals surface area contributed by atoms with E-state index >= 15 is 0 Å². The zero-order valence-electron chi connectivity index (χ0n) is 30.0. The number of thioether (sulfide) groups is 1. The first-order valence-corrected chi connectivity index (χ1v) is 21.9. The SMILES string of the molecule is CC(C)(COP(=O)(O)OP(=O)(O)OCC1OC(n2cnc3c(N)ncnc32)C(O)C1OP(=O)(O)O)C(O)C(=O)NCCC(=O)NCCSC(=O)C=CCCC(=O)O. The lowest BCUT2D eigenvalue weighted by molar-refractivity contribution is -0.137. The number of aliphatic carboxylic acids is 1. The lowest BCUT2D eigenvalue weighted by Crippen LogP contribution is -2.46. The highest BCUT2D eigenvalue weighted by Crippen LogP contribution is 2.61. The number of aliphatic hydroxyl groups excluding tert-OH is 2. The normalized spacial score (nSPS) is 21.5. The van der Waals surface area contributed by atoms with Crippen molar-refractivity contribution in [2.75, 3.05) is 37.8 Å². The molecule has 0 radical (unpaired) electrons. The predicted octanol–water partition coefficient (Wildman–Crippen LogP) is -0.914. The van der Waals surface area contributed by atoms with Gasteiger partial charge in [-0.15, -0.1) is 0 Å². The van der Waals surface area contributed by atoms with Gasteiger partial charge in [-0.25, -0.2) is 28.6 Å². The van der Waals surface area contributed by atoms with E-state index < -0.39 is 90.5 Å². The van der Waals surface area contributed by atoms with Gasteiger partial charge in [-0.05, 0) is 12.5 Å². The van der Waals surface area contributed by atoms with Crippen LogP contribution >= 0.6 is 35.2 Å². The van der Waals surface area contributed by atoms with Gasteiger partial charge in [0.1, 0.15) is 36.3 Å². The number of aliphatic hydroxyl groups is 2. The molecule has 0 spiro atoms. The number of phosphoric acid groups is 3. The van der Waals surface area contributed by atoms with Crippen molar-refractivity contribution in [3.8, 4) is 0 Å². The maximum Gasteiger partial charge on any atom is 0.481 e. The van der Waals surface area contributed by atoms with Crippen LogP contribution in [0.5, 0.6) is 0 Å². The van der Waals surface area contributed by atoms with E-state index in [0.717, 1.165) is 29.0 Å². The van der Waals surface area contributed by atoms with Gasteiger partial charge in [0, 0.05) is 37.1 Å². The average Bonchev–Trinajstić information content (AvgIpc) is 3.66. The molecule has 30 heteroatoms. The third-order valence-corrected chi connectivity index (χ3v) is 11.5. The standard InChI is InChI=1S/C27H42N7O19P3S/c1-27(2,22(40)25(41)30-8-7-16(35)29-9-10-57-18(38)6-4-3-5-17(36)37)12-50-56(47,48)53-55(45,46)49-11-15-21(52-54(42,43)44)20(39)26(51-15)34-14-33-19-23(28)31-13-32-24(19)34/h4,6,13-15,20-22,26,39-40H,3,5,7-12H2,1-2H3,(H,29,35)(H,30,41)(H,36,37)(H,45,46)(H,47,48)(H2,28,31,32)(H2,42,43,44). The molecule has 2 aromatic rings. The molecule has 1 fully saturated rings. The van der Waals surface area contributed by atoms with Crippen LogP contribution in [0.4, 0.5) is 5.82 Å². The Morgan fingerprint density at radius 2 is 1.74 bits per heavy atom. The number of nitrogens with one attached hydrogen (secondary N) is 2. The Balaban J connectivity index is 1.47. The zero-order valence-corrected chi connectivity index (χ0v) is 33.5. The van der Waals surface area contributed by atoms with Gasteiger partial charge in [0.25, 0.3) is 0 Å². The number of amides is 2. The second-order valence-corrected chi connectivity index (χ2v) is 17.9. The van der Waals surface area contributed by atoms with E-state index in [1.54, 1.807) is 0 Å². The summed E-state index contributed by atoms with van der Waals surface area (Å²) >= 11 is 0.895. The Kier molecular flexibility index (Phi) is 17.4. The first kappa shape index (κ1) is 48.1. The fourth-order valence-corrected chi connectivity index (χ4v) is 8.14. The van der Waals surface area contributed by atoms with Crippen molar-refractivity contribution in [2.24, 2.45) is 5.41 Å². The van der Waals surface area contributed by atoms with Crippen LogP contribution in [-0.4, -0.2) is 134 Å². The van der Waals surface area contributed by atoms with Crippen molar-refractivity contribution < 1.29 is 90.4 Å². The quantitative estimate of drug-likeness (QED) is 0.0366. The number of carboxylic acids is 1. The van der Waals surface area contributed by atoms with Gasteiger partial charge >= 0.3 is 29.4 Å². The molecule has 0 bridgehead atoms. The summed E-state index contributed by atoms with van der Waals surface area (Å²) in [6.45, 7) is 0.257. The van der Waals surface area contributed by atoms with Crippen LogP contribution < -0.4 is 16.4 Å². The van der Waals surface area contributed by atoms with Gasteiger partial charge in [0.05, 0.1) is 19.5 Å². The Labute approximate surface area is 327 Å². The van der Waals surface area contributed by atoms with Gasteiger partial charge in [0.2, 0.25) is 16.9 Å². The first-order chi connectivity index (χ1) is 26.4. The Hall–Kier alpha value is -3.23. The molecule has 320 valence electrons. The minimum absolute atomic E-state index is 0.0202. The molecule has 1 aliphatic rings. The van der Waals surface area contributed by atoms with Crippen LogP contribution in [-0.2, 0) is 55.5 Å². The highest BCUT2D eigenvalue weighted by molar-refractivity contribution is 8.14. The predicted molar refractivity (Wildman–Crippen MR) is 193 cm³/mol. The summed E-state index contributed by atoms with van der Waals surface area (Å²) in [4.78, 5) is 97.6. The van der Waals surface area contributed by atoms with Crippen LogP contribution in [0.1, 0.15) is 39.3 Å². The number of carbonyl (C=O) groups is 4. The number of hydrogen-bond donors (Lipinski definition) is 10. The van der Waals surface area contributed by atoms with E-state index in [9.17, 15) is 62.7 Å². The second-order valence-electron chi connectivity index (χ2n) is 12.6. The Morgan fingerprint density at radius 1 is 1.05 bits per heavy atom. The third-order valence-electron chi connectivity index (χ3n) is 7.52. The fourth-order valence-electron chi connectivity index (χ4n) is 4.72. The maximum absolute atomic E-state index is 12.7.